The standard InChI is InChI=1S/C25H18N2O7S2/c28-23-22(36-25(35)26(23)19-6-3-5-17(14-19)24(29)30)15-16-4-1-2-7-21(16)34-13-12-33-20-10-8-18(9-11-20)27(31)32/h1-11,14-15H,12-13H2,(H,29,30). The third kappa shape index (κ3) is 5.70. The molecule has 0 radical (unpaired) electrons. The van der Waals surface area contributed by atoms with Crippen molar-refractivity contribution in [1.82, 2.24) is 0 Å². The second-order valence-electron chi connectivity index (χ2n) is 7.36. The lowest BCUT2D eigenvalue weighted by Crippen LogP contribution is -2.27. The van der Waals surface area contributed by atoms with Crippen molar-refractivity contribution in [1.29, 1.82) is 0 Å². The molecule has 1 N–H and O–H groups in total. The SMILES string of the molecule is O=C(O)c1cccc(N2C(=O)C(=Cc3ccccc3OCCOc3ccc([N+](=O)[O-])cc3)SC2=S)c1. The van der Waals surface area contributed by atoms with Gasteiger partial charge < -0.3 is 14.6 Å². The van der Waals surface area contributed by atoms with Crippen molar-refractivity contribution in [3.05, 3.63) is 98.9 Å². The Morgan fingerprint density at radius 3 is 2.50 bits per heavy atom. The molecule has 1 aliphatic rings. The van der Waals surface area contributed by atoms with Gasteiger partial charge in [0.1, 0.15) is 24.7 Å². The number of nitrogens with zero attached hydrogens (tertiary/aromatic N) is 2. The van der Waals surface area contributed by atoms with E-state index in [1.807, 2.05) is 6.07 Å². The van der Waals surface area contributed by atoms with Crippen LogP contribution < -0.4 is 14.4 Å². The highest BCUT2D eigenvalue weighted by molar-refractivity contribution is 8.27. The molecule has 9 nitrogen and oxygen atoms in total. The molecule has 1 heterocycles. The fourth-order valence-corrected chi connectivity index (χ4v) is 4.61. The molecule has 1 saturated heterocycles. The van der Waals surface area contributed by atoms with Gasteiger partial charge in [0.25, 0.3) is 11.6 Å². The van der Waals surface area contributed by atoms with Crippen LogP contribution >= 0.6 is 24.0 Å². The topological polar surface area (TPSA) is 119 Å². The maximum atomic E-state index is 13.1. The van der Waals surface area contributed by atoms with Crippen LogP contribution in [-0.4, -0.2) is 39.4 Å². The smallest absolute Gasteiger partial charge is 0.335 e. The van der Waals surface area contributed by atoms with Gasteiger partial charge in [-0.05, 0) is 42.5 Å². The van der Waals surface area contributed by atoms with E-state index in [9.17, 15) is 24.8 Å². The van der Waals surface area contributed by atoms with Crippen LogP contribution in [0.3, 0.4) is 0 Å². The van der Waals surface area contributed by atoms with Crippen LogP contribution in [-0.2, 0) is 4.79 Å². The predicted molar refractivity (Wildman–Crippen MR) is 140 cm³/mol. The fraction of sp³-hybridized carbons (Fsp3) is 0.0800. The fourth-order valence-electron chi connectivity index (χ4n) is 3.32. The summed E-state index contributed by atoms with van der Waals surface area (Å²) in [6.45, 7) is 0.402. The summed E-state index contributed by atoms with van der Waals surface area (Å²) in [6, 6.07) is 18.9. The number of aromatic carboxylic acids is 1. The highest BCUT2D eigenvalue weighted by Crippen LogP contribution is 2.37. The van der Waals surface area contributed by atoms with Crippen LogP contribution in [0.25, 0.3) is 6.08 Å². The number of thioether (sulfide) groups is 1. The number of rotatable bonds is 9. The number of amides is 1. The van der Waals surface area contributed by atoms with Crippen LogP contribution in [0.15, 0.2) is 77.7 Å². The predicted octanol–water partition coefficient (Wildman–Crippen LogP) is 5.16. The van der Waals surface area contributed by atoms with E-state index in [1.54, 1.807) is 36.4 Å². The Balaban J connectivity index is 1.43. The van der Waals surface area contributed by atoms with Gasteiger partial charge in [-0.25, -0.2) is 4.79 Å². The number of hydrogen-bond acceptors (Lipinski definition) is 8. The molecule has 1 amide bonds. The number of carbonyl (C=O) groups excluding carboxylic acids is 1. The van der Waals surface area contributed by atoms with Crippen LogP contribution in [0.5, 0.6) is 11.5 Å². The summed E-state index contributed by atoms with van der Waals surface area (Å²) in [4.78, 5) is 36.3. The molecule has 0 aromatic heterocycles. The van der Waals surface area contributed by atoms with E-state index in [1.165, 1.54) is 41.3 Å². The number of carbonyl (C=O) groups is 2. The number of nitro groups is 1. The van der Waals surface area contributed by atoms with Gasteiger partial charge in [-0.2, -0.15) is 0 Å². The van der Waals surface area contributed by atoms with Crippen LogP contribution in [0, 0.1) is 10.1 Å². The summed E-state index contributed by atoms with van der Waals surface area (Å²) in [5.41, 5.74) is 1.08. The monoisotopic (exact) mass is 522 g/mol. The van der Waals surface area contributed by atoms with Gasteiger partial charge in [-0.3, -0.25) is 19.8 Å². The summed E-state index contributed by atoms with van der Waals surface area (Å²) in [5.74, 6) is -0.443. The molecule has 0 spiro atoms. The lowest BCUT2D eigenvalue weighted by molar-refractivity contribution is -0.384. The Morgan fingerprint density at radius 1 is 1.06 bits per heavy atom. The number of nitro benzene ring substituents is 1. The Kier molecular flexibility index (Phi) is 7.62. The number of anilines is 1. The number of carboxylic acid groups (broad SMARTS) is 1. The summed E-state index contributed by atoms with van der Waals surface area (Å²) >= 11 is 6.50. The van der Waals surface area contributed by atoms with E-state index in [0.717, 1.165) is 11.8 Å². The van der Waals surface area contributed by atoms with E-state index in [2.05, 4.69) is 0 Å². The average Bonchev–Trinajstić information content (AvgIpc) is 3.15. The molecule has 182 valence electrons. The van der Waals surface area contributed by atoms with Crippen molar-refractivity contribution in [3.8, 4) is 11.5 Å². The Hall–Kier alpha value is -4.22. The minimum atomic E-state index is -1.10. The molecule has 11 heteroatoms. The Morgan fingerprint density at radius 2 is 1.78 bits per heavy atom. The molecule has 4 rings (SSSR count). The maximum Gasteiger partial charge on any atom is 0.335 e. The van der Waals surface area contributed by atoms with Crippen molar-refractivity contribution in [2.75, 3.05) is 18.1 Å². The number of benzene rings is 3. The number of ether oxygens (including phenoxy) is 2. The van der Waals surface area contributed by atoms with Gasteiger partial charge in [0.05, 0.1) is 21.1 Å². The molecule has 36 heavy (non-hydrogen) atoms. The molecule has 1 fully saturated rings. The molecule has 0 bridgehead atoms. The maximum absolute atomic E-state index is 13.1. The van der Waals surface area contributed by atoms with Gasteiger partial charge >= 0.3 is 5.97 Å². The number of hydrogen-bond donors (Lipinski definition) is 1. The van der Waals surface area contributed by atoms with E-state index in [4.69, 9.17) is 21.7 Å². The number of carboxylic acids is 1. The van der Waals surface area contributed by atoms with Crippen molar-refractivity contribution in [3.63, 3.8) is 0 Å². The third-order valence-corrected chi connectivity index (χ3v) is 6.31. The molecule has 0 aliphatic carbocycles. The van der Waals surface area contributed by atoms with Gasteiger partial charge in [0.2, 0.25) is 0 Å². The first-order valence-electron chi connectivity index (χ1n) is 10.5. The second-order valence-corrected chi connectivity index (χ2v) is 9.03. The summed E-state index contributed by atoms with van der Waals surface area (Å²) in [7, 11) is 0. The van der Waals surface area contributed by atoms with E-state index >= 15 is 0 Å². The molecule has 0 atom stereocenters. The zero-order valence-electron chi connectivity index (χ0n) is 18.5. The van der Waals surface area contributed by atoms with Gasteiger partial charge in [-0.1, -0.05) is 48.2 Å². The minimum Gasteiger partial charge on any atom is -0.490 e. The molecule has 0 saturated carbocycles. The average molecular weight is 523 g/mol. The molecule has 1 aliphatic heterocycles. The highest BCUT2D eigenvalue weighted by Gasteiger charge is 2.33. The van der Waals surface area contributed by atoms with Gasteiger partial charge in [0.15, 0.2) is 4.32 Å². The van der Waals surface area contributed by atoms with E-state index < -0.39 is 10.9 Å². The summed E-state index contributed by atoms with van der Waals surface area (Å²) in [5, 5.41) is 20.0. The lowest BCUT2D eigenvalue weighted by Gasteiger charge is -2.15. The molecule has 0 unspecified atom stereocenters. The van der Waals surface area contributed by atoms with Crippen molar-refractivity contribution in [2.24, 2.45) is 0 Å². The highest BCUT2D eigenvalue weighted by atomic mass is 32.2. The first-order chi connectivity index (χ1) is 17.3. The summed E-state index contributed by atoms with van der Waals surface area (Å²) in [6.07, 6.45) is 1.67. The van der Waals surface area contributed by atoms with Gasteiger partial charge in [-0.15, -0.1) is 0 Å². The van der Waals surface area contributed by atoms with Crippen LogP contribution in [0.2, 0.25) is 0 Å². The first-order valence-corrected chi connectivity index (χ1v) is 11.8. The number of thiocarbonyl (C=S) groups is 1. The molecule has 3 aromatic carbocycles. The molecular weight excluding hydrogens is 504 g/mol. The number of non-ortho nitro benzene ring substituents is 1. The van der Waals surface area contributed by atoms with Crippen LogP contribution in [0.4, 0.5) is 11.4 Å². The van der Waals surface area contributed by atoms with Crippen molar-refractivity contribution in [2.45, 2.75) is 0 Å². The largest absolute Gasteiger partial charge is 0.490 e. The zero-order valence-corrected chi connectivity index (χ0v) is 20.2. The summed E-state index contributed by atoms with van der Waals surface area (Å²) < 4.78 is 11.7. The Bertz CT molecular complexity index is 1370. The van der Waals surface area contributed by atoms with E-state index in [-0.39, 0.29) is 30.4 Å². The third-order valence-electron chi connectivity index (χ3n) is 5.01. The van der Waals surface area contributed by atoms with Crippen LogP contribution in [0.1, 0.15) is 15.9 Å². The lowest BCUT2D eigenvalue weighted by atomic mass is 10.1. The molecule has 3 aromatic rings. The van der Waals surface area contributed by atoms with Crippen molar-refractivity contribution >= 4 is 57.6 Å². The number of para-hydroxylation sites is 1. The normalized spacial score (nSPS) is 14.2. The Labute approximate surface area is 215 Å². The van der Waals surface area contributed by atoms with Crippen molar-refractivity contribution < 1.29 is 29.1 Å². The molecular formula is C25H18N2O7S2. The van der Waals surface area contributed by atoms with E-state index in [0.29, 0.717) is 32.0 Å². The first kappa shape index (κ1) is 24.9. The quantitative estimate of drug-likeness (QED) is 0.134. The second kappa shape index (κ2) is 11.0. The zero-order chi connectivity index (χ0) is 25.7. The van der Waals surface area contributed by atoms with Gasteiger partial charge in [0, 0.05) is 17.7 Å². The minimum absolute atomic E-state index is 0.0208.